The zero-order chi connectivity index (χ0) is 20.2. The first-order valence-corrected chi connectivity index (χ1v) is 9.52. The third kappa shape index (κ3) is 4.29. The number of anilines is 2. The second kappa shape index (κ2) is 8.18. The lowest BCUT2D eigenvalue weighted by atomic mass is 10.2. The maximum Gasteiger partial charge on any atom is 0.289 e. The fraction of sp³-hybridized carbons (Fsp3) is 0.227. The Labute approximate surface area is 169 Å². The van der Waals surface area contributed by atoms with Gasteiger partial charge in [0, 0.05) is 31.9 Å². The third-order valence-corrected chi connectivity index (χ3v) is 4.88. The summed E-state index contributed by atoms with van der Waals surface area (Å²) < 4.78 is 5.16. The van der Waals surface area contributed by atoms with Crippen LogP contribution in [0.5, 0.6) is 0 Å². The van der Waals surface area contributed by atoms with Crippen molar-refractivity contribution in [3.05, 3.63) is 78.0 Å². The highest BCUT2D eigenvalue weighted by molar-refractivity contribution is 5.94. The highest BCUT2D eigenvalue weighted by atomic mass is 16.3. The van der Waals surface area contributed by atoms with Gasteiger partial charge in [-0.05, 0) is 48.9 Å². The van der Waals surface area contributed by atoms with E-state index < -0.39 is 0 Å². The fourth-order valence-corrected chi connectivity index (χ4v) is 3.31. The molecule has 3 heterocycles. The van der Waals surface area contributed by atoms with Crippen molar-refractivity contribution in [2.75, 3.05) is 31.5 Å². The van der Waals surface area contributed by atoms with Gasteiger partial charge >= 0.3 is 0 Å². The molecule has 7 nitrogen and oxygen atoms in total. The summed E-state index contributed by atoms with van der Waals surface area (Å²) in [6.45, 7) is 3.91. The van der Waals surface area contributed by atoms with E-state index in [4.69, 9.17) is 4.42 Å². The summed E-state index contributed by atoms with van der Waals surface area (Å²) in [4.78, 5) is 32.8. The molecule has 0 saturated carbocycles. The van der Waals surface area contributed by atoms with Gasteiger partial charge in [-0.25, -0.2) is 4.98 Å². The lowest BCUT2D eigenvalue weighted by molar-refractivity contribution is 0.0515. The average molecular weight is 390 g/mol. The minimum Gasteiger partial charge on any atom is -0.459 e. The normalized spacial score (nSPS) is 14.0. The largest absolute Gasteiger partial charge is 0.459 e. The molecular formula is C22H22N4O3. The molecular weight excluding hydrogens is 368 g/mol. The number of piperazine rings is 1. The molecule has 0 unspecified atom stereocenters. The maximum absolute atomic E-state index is 12.7. The summed E-state index contributed by atoms with van der Waals surface area (Å²) in [5.74, 6) is 0.0483. The topological polar surface area (TPSA) is 78.7 Å². The number of furan rings is 1. The summed E-state index contributed by atoms with van der Waals surface area (Å²) in [7, 11) is 0. The van der Waals surface area contributed by atoms with E-state index >= 15 is 0 Å². The number of benzene rings is 1. The zero-order valence-electron chi connectivity index (χ0n) is 16.2. The van der Waals surface area contributed by atoms with E-state index in [1.165, 1.54) is 11.8 Å². The van der Waals surface area contributed by atoms with Crippen LogP contribution in [0, 0.1) is 6.92 Å². The van der Waals surface area contributed by atoms with Gasteiger partial charge in [0.05, 0.1) is 18.1 Å². The summed E-state index contributed by atoms with van der Waals surface area (Å²) in [6, 6.07) is 15.0. The second-order valence-corrected chi connectivity index (χ2v) is 6.99. The van der Waals surface area contributed by atoms with E-state index in [1.54, 1.807) is 34.2 Å². The molecule has 7 heteroatoms. The molecule has 0 atom stereocenters. The van der Waals surface area contributed by atoms with Crippen LogP contribution in [0.2, 0.25) is 0 Å². The number of nitrogens with zero attached hydrogens (tertiary/aromatic N) is 3. The molecule has 1 aromatic carbocycles. The van der Waals surface area contributed by atoms with Gasteiger partial charge < -0.3 is 19.5 Å². The van der Waals surface area contributed by atoms with Gasteiger partial charge in [-0.2, -0.15) is 0 Å². The number of hydrogen-bond donors (Lipinski definition) is 1. The van der Waals surface area contributed by atoms with E-state index in [0.29, 0.717) is 37.6 Å². The highest BCUT2D eigenvalue weighted by Crippen LogP contribution is 2.18. The summed E-state index contributed by atoms with van der Waals surface area (Å²) in [6.07, 6.45) is 3.14. The summed E-state index contributed by atoms with van der Waals surface area (Å²) >= 11 is 0. The zero-order valence-corrected chi connectivity index (χ0v) is 16.2. The molecule has 0 spiro atoms. The van der Waals surface area contributed by atoms with Crippen LogP contribution in [0.4, 0.5) is 11.4 Å². The molecule has 1 saturated heterocycles. The van der Waals surface area contributed by atoms with Crippen molar-refractivity contribution in [2.24, 2.45) is 0 Å². The van der Waals surface area contributed by atoms with E-state index in [1.807, 2.05) is 37.3 Å². The predicted octanol–water partition coefficient (Wildman–Crippen LogP) is 3.32. The Kier molecular flexibility index (Phi) is 5.29. The first-order chi connectivity index (χ1) is 14.1. The molecule has 29 heavy (non-hydrogen) atoms. The van der Waals surface area contributed by atoms with Crippen molar-refractivity contribution in [1.29, 1.82) is 0 Å². The van der Waals surface area contributed by atoms with Crippen LogP contribution >= 0.6 is 0 Å². The van der Waals surface area contributed by atoms with Gasteiger partial charge in [0.25, 0.3) is 11.8 Å². The lowest BCUT2D eigenvalue weighted by Crippen LogP contribution is -2.50. The van der Waals surface area contributed by atoms with Crippen LogP contribution in [0.1, 0.15) is 26.6 Å². The van der Waals surface area contributed by atoms with Gasteiger partial charge in [-0.3, -0.25) is 9.59 Å². The fourth-order valence-electron chi connectivity index (χ4n) is 3.31. The van der Waals surface area contributed by atoms with Crippen molar-refractivity contribution < 1.29 is 14.0 Å². The minimum atomic E-state index is -0.146. The molecule has 148 valence electrons. The highest BCUT2D eigenvalue weighted by Gasteiger charge is 2.27. The van der Waals surface area contributed by atoms with Crippen molar-refractivity contribution in [1.82, 2.24) is 14.8 Å². The number of aryl methyl sites for hydroxylation is 1. The van der Waals surface area contributed by atoms with Crippen molar-refractivity contribution in [3.8, 4) is 0 Å². The van der Waals surface area contributed by atoms with Crippen LogP contribution in [-0.2, 0) is 0 Å². The molecule has 1 aliphatic heterocycles. The quantitative estimate of drug-likeness (QED) is 0.739. The molecule has 2 aromatic heterocycles. The van der Waals surface area contributed by atoms with Crippen LogP contribution in [0.15, 0.2) is 65.4 Å². The monoisotopic (exact) mass is 390 g/mol. The van der Waals surface area contributed by atoms with Crippen LogP contribution in [0.3, 0.4) is 0 Å². The van der Waals surface area contributed by atoms with Gasteiger partial charge in [0.1, 0.15) is 5.69 Å². The predicted molar refractivity (Wildman–Crippen MR) is 109 cm³/mol. The van der Waals surface area contributed by atoms with Crippen molar-refractivity contribution in [2.45, 2.75) is 6.92 Å². The number of carbonyl (C=O) groups is 2. The molecule has 3 aromatic rings. The Morgan fingerprint density at radius 2 is 1.69 bits per heavy atom. The maximum atomic E-state index is 12.7. The molecule has 1 N–H and O–H groups in total. The molecule has 0 bridgehead atoms. The number of pyridine rings is 1. The molecule has 1 fully saturated rings. The van der Waals surface area contributed by atoms with E-state index in [9.17, 15) is 9.59 Å². The number of amides is 2. The summed E-state index contributed by atoms with van der Waals surface area (Å²) in [5, 5.41) is 3.28. The summed E-state index contributed by atoms with van der Waals surface area (Å²) in [5.41, 5.74) is 3.36. The Morgan fingerprint density at radius 1 is 0.931 bits per heavy atom. The molecule has 2 amide bonds. The van der Waals surface area contributed by atoms with E-state index in [2.05, 4.69) is 10.3 Å². The number of rotatable bonds is 4. The Balaban J connectivity index is 1.34. The standard InChI is InChI=1S/C22H22N4O3/c1-16-4-2-5-17(14-16)24-18-7-8-19(23-15-18)21(27)25-9-11-26(12-10-25)22(28)20-6-3-13-29-20/h2-8,13-15,24H,9-12H2,1H3. The van der Waals surface area contributed by atoms with Crippen LogP contribution in [-0.4, -0.2) is 52.8 Å². The second-order valence-electron chi connectivity index (χ2n) is 6.99. The third-order valence-electron chi connectivity index (χ3n) is 4.88. The smallest absolute Gasteiger partial charge is 0.289 e. The number of hydrogen-bond acceptors (Lipinski definition) is 5. The Hall–Kier alpha value is -3.61. The number of nitrogens with one attached hydrogen (secondary N) is 1. The SMILES string of the molecule is Cc1cccc(Nc2ccc(C(=O)N3CCN(C(=O)c4ccco4)CC3)nc2)c1. The molecule has 1 aliphatic rings. The average Bonchev–Trinajstić information content (AvgIpc) is 3.28. The molecule has 4 rings (SSSR count). The number of aromatic nitrogens is 1. The Bertz CT molecular complexity index is 991. The first-order valence-electron chi connectivity index (χ1n) is 9.52. The van der Waals surface area contributed by atoms with Gasteiger partial charge in [0.15, 0.2) is 5.76 Å². The first kappa shape index (κ1) is 18.7. The van der Waals surface area contributed by atoms with Gasteiger partial charge in [-0.15, -0.1) is 0 Å². The number of carbonyl (C=O) groups excluding carboxylic acids is 2. The Morgan fingerprint density at radius 3 is 2.31 bits per heavy atom. The molecule has 0 radical (unpaired) electrons. The molecule has 0 aliphatic carbocycles. The minimum absolute atomic E-state index is 0.128. The van der Waals surface area contributed by atoms with E-state index in [-0.39, 0.29) is 11.8 Å². The van der Waals surface area contributed by atoms with E-state index in [0.717, 1.165) is 11.4 Å². The lowest BCUT2D eigenvalue weighted by Gasteiger charge is -2.34. The van der Waals surface area contributed by atoms with Gasteiger partial charge in [0.2, 0.25) is 0 Å². The van der Waals surface area contributed by atoms with Gasteiger partial charge in [-0.1, -0.05) is 12.1 Å². The van der Waals surface area contributed by atoms with Crippen LogP contribution < -0.4 is 5.32 Å². The van der Waals surface area contributed by atoms with Crippen molar-refractivity contribution in [3.63, 3.8) is 0 Å². The van der Waals surface area contributed by atoms with Crippen LogP contribution in [0.25, 0.3) is 0 Å². The van der Waals surface area contributed by atoms with Crippen molar-refractivity contribution >= 4 is 23.2 Å².